The lowest BCUT2D eigenvalue weighted by Crippen LogP contribution is -2.51. The van der Waals surface area contributed by atoms with Crippen molar-refractivity contribution in [3.8, 4) is 0 Å². The number of ether oxygens (including phenoxy) is 9. The molecular formula is C25H38FN2O19P. The summed E-state index contributed by atoms with van der Waals surface area (Å²) in [5, 5.41) is 22.8. The van der Waals surface area contributed by atoms with Gasteiger partial charge in [0.1, 0.15) is 18.4 Å². The zero-order valence-corrected chi connectivity index (χ0v) is 27.4. The molecule has 3 rings (SSSR count). The van der Waals surface area contributed by atoms with Gasteiger partial charge in [0.05, 0.1) is 26.4 Å². The zero-order chi connectivity index (χ0) is 35.8. The summed E-state index contributed by atoms with van der Waals surface area (Å²) in [5.74, 6) is 0. The third kappa shape index (κ3) is 8.40. The van der Waals surface area contributed by atoms with Gasteiger partial charge in [0.2, 0.25) is 13.6 Å². The van der Waals surface area contributed by atoms with Crippen molar-refractivity contribution >= 4 is 20.1 Å². The Labute approximate surface area is 271 Å². The van der Waals surface area contributed by atoms with E-state index in [1.165, 1.54) is 28.4 Å². The number of fused-ring (bicyclic) bond motifs is 1. The first-order valence-corrected chi connectivity index (χ1v) is 15.3. The number of H-pyrrole nitrogens is 1. The number of aromatic amines is 1. The van der Waals surface area contributed by atoms with E-state index in [0.717, 1.165) is 19.2 Å². The van der Waals surface area contributed by atoms with Gasteiger partial charge >= 0.3 is 25.8 Å². The molecule has 1 saturated carbocycles. The van der Waals surface area contributed by atoms with Crippen LogP contribution < -0.4 is 11.2 Å². The molecule has 2 fully saturated rings. The maximum absolute atomic E-state index is 14.6. The average Bonchev–Trinajstić information content (AvgIpc) is 3.45. The lowest BCUT2D eigenvalue weighted by atomic mass is 9.94. The van der Waals surface area contributed by atoms with Gasteiger partial charge in [0, 0.05) is 40.7 Å². The van der Waals surface area contributed by atoms with Crippen molar-refractivity contribution in [3.63, 3.8) is 0 Å². The predicted molar refractivity (Wildman–Crippen MR) is 150 cm³/mol. The van der Waals surface area contributed by atoms with Crippen molar-refractivity contribution in [2.75, 3.05) is 75.1 Å². The number of nitrogens with zero attached hydrogens (tertiary/aromatic N) is 1. The largest absolute Gasteiger partial charge is 0.510 e. The standard InChI is InChI=1S/C25H38FN2O19P/c1-23(33)19(28-7-6-17(29)27-20(28)30)46-24(12-26)18(25(23,24)34)47-48(35,42-13-40-21(31)44-15(8-36-2)9-37-3)43-14-41-22(32)45-16(10-38-4)11-39-5/h6-7,15-16,18-19,33-34H,8-14H2,1-5H3,(H,27,29,30)/t18?,19-,23+,24-,25+/m1/s1. The number of phosphoric acid groups is 1. The second-order valence-electron chi connectivity index (χ2n) is 10.4. The first kappa shape index (κ1) is 39.4. The molecule has 48 heavy (non-hydrogen) atoms. The Morgan fingerprint density at radius 3 is 1.83 bits per heavy atom. The van der Waals surface area contributed by atoms with Crippen LogP contribution >= 0.6 is 7.82 Å². The van der Waals surface area contributed by atoms with Crippen LogP contribution in [0.25, 0.3) is 0 Å². The van der Waals surface area contributed by atoms with E-state index in [0.29, 0.717) is 4.57 Å². The van der Waals surface area contributed by atoms with E-state index in [4.69, 9.17) is 56.2 Å². The summed E-state index contributed by atoms with van der Waals surface area (Å²) >= 11 is 0. The van der Waals surface area contributed by atoms with Crippen LogP contribution in [0.1, 0.15) is 13.2 Å². The first-order valence-electron chi connectivity index (χ1n) is 13.9. The maximum Gasteiger partial charge on any atom is 0.510 e. The number of rotatable bonds is 20. The van der Waals surface area contributed by atoms with Gasteiger partial charge in [-0.2, -0.15) is 0 Å². The number of phosphoric ester groups is 1. The zero-order valence-electron chi connectivity index (χ0n) is 26.5. The van der Waals surface area contributed by atoms with Crippen molar-refractivity contribution in [3.05, 3.63) is 33.1 Å². The third-order valence-electron chi connectivity index (χ3n) is 7.19. The minimum absolute atomic E-state index is 0.0742. The average molecular weight is 721 g/mol. The topological polar surface area (TPSA) is 257 Å². The molecule has 1 aromatic rings. The van der Waals surface area contributed by atoms with Crippen LogP contribution in [0.2, 0.25) is 0 Å². The summed E-state index contributed by atoms with van der Waals surface area (Å²) in [4.78, 5) is 50.1. The number of carbonyl (C=O) groups is 2. The van der Waals surface area contributed by atoms with Crippen LogP contribution in [0.3, 0.4) is 0 Å². The number of alkyl halides is 1. The molecule has 2 heterocycles. The molecular weight excluding hydrogens is 682 g/mol. The van der Waals surface area contributed by atoms with Crippen molar-refractivity contribution in [2.45, 2.75) is 48.3 Å². The van der Waals surface area contributed by atoms with Gasteiger partial charge in [-0.1, -0.05) is 0 Å². The molecule has 5 atom stereocenters. The van der Waals surface area contributed by atoms with Gasteiger partial charge in [-0.05, 0) is 6.92 Å². The van der Waals surface area contributed by atoms with Crippen LogP contribution in [0.5, 0.6) is 0 Å². The van der Waals surface area contributed by atoms with Crippen molar-refractivity contribution in [1.29, 1.82) is 0 Å². The lowest BCUT2D eigenvalue weighted by Gasteiger charge is -2.33. The van der Waals surface area contributed by atoms with Crippen molar-refractivity contribution in [1.82, 2.24) is 9.55 Å². The molecule has 0 spiro atoms. The fourth-order valence-electron chi connectivity index (χ4n) is 4.93. The SMILES string of the molecule is COCC(COC)OC(=O)OCOP(=O)(OCOC(=O)OC(COC)COC)OC1[C@]2(O)[C@@](C)(O)[C@H](n3ccc(=O)[nH]c3=O)O[C@]12CF. The molecule has 23 heteroatoms. The molecule has 0 bridgehead atoms. The Morgan fingerprint density at radius 1 is 0.958 bits per heavy atom. The number of aliphatic hydroxyl groups is 2. The smallest absolute Gasteiger partial charge is 0.426 e. The summed E-state index contributed by atoms with van der Waals surface area (Å²) in [5.41, 5.74) is -9.59. The maximum atomic E-state index is 14.6. The second-order valence-corrected chi connectivity index (χ2v) is 12.1. The van der Waals surface area contributed by atoms with Gasteiger partial charge < -0.3 is 52.8 Å². The van der Waals surface area contributed by atoms with E-state index in [1.807, 2.05) is 4.98 Å². The molecule has 1 aliphatic heterocycles. The fourth-order valence-corrected chi connectivity index (χ4v) is 6.07. The predicted octanol–water partition coefficient (Wildman–Crippen LogP) is -0.660. The monoisotopic (exact) mass is 720 g/mol. The molecule has 1 unspecified atom stereocenters. The Hall–Kier alpha value is -3.02. The highest BCUT2D eigenvalue weighted by atomic mass is 31.2. The van der Waals surface area contributed by atoms with Crippen molar-refractivity contribution in [2.24, 2.45) is 0 Å². The van der Waals surface area contributed by atoms with Gasteiger partial charge in [-0.3, -0.25) is 18.9 Å². The van der Waals surface area contributed by atoms with E-state index in [1.54, 1.807) is 0 Å². The third-order valence-corrected chi connectivity index (χ3v) is 8.50. The van der Waals surface area contributed by atoms with E-state index < -0.39 is 93.0 Å². The summed E-state index contributed by atoms with van der Waals surface area (Å²) < 4.78 is 88.8. The number of carbonyl (C=O) groups excluding carboxylic acids is 2. The van der Waals surface area contributed by atoms with Gasteiger partial charge in [0.15, 0.2) is 29.6 Å². The van der Waals surface area contributed by atoms with E-state index >= 15 is 0 Å². The van der Waals surface area contributed by atoms with E-state index in [2.05, 4.69) is 0 Å². The van der Waals surface area contributed by atoms with Crippen molar-refractivity contribution < 1.29 is 85.0 Å². The molecule has 0 amide bonds. The van der Waals surface area contributed by atoms with E-state index in [-0.39, 0.29) is 26.4 Å². The molecule has 0 radical (unpaired) electrons. The highest BCUT2D eigenvalue weighted by molar-refractivity contribution is 7.48. The minimum Gasteiger partial charge on any atom is -0.426 e. The molecule has 2 aliphatic rings. The lowest BCUT2D eigenvalue weighted by molar-refractivity contribution is -0.168. The number of halogens is 1. The highest BCUT2D eigenvalue weighted by Crippen LogP contribution is 2.72. The molecule has 0 aromatic carbocycles. The van der Waals surface area contributed by atoms with Crippen LogP contribution in [0.15, 0.2) is 21.9 Å². The number of nitrogens with one attached hydrogen (secondary N) is 1. The molecule has 1 saturated heterocycles. The second kappa shape index (κ2) is 16.6. The van der Waals surface area contributed by atoms with Crippen LogP contribution in [-0.2, 0) is 60.8 Å². The molecule has 1 aromatic heterocycles. The van der Waals surface area contributed by atoms with Crippen LogP contribution in [0.4, 0.5) is 14.0 Å². The summed E-state index contributed by atoms with van der Waals surface area (Å²) in [6.45, 7) is -3.30. The Kier molecular flexibility index (Phi) is 13.6. The van der Waals surface area contributed by atoms with Crippen LogP contribution in [0, 0.1) is 0 Å². The van der Waals surface area contributed by atoms with Gasteiger partial charge in [0.25, 0.3) is 5.56 Å². The van der Waals surface area contributed by atoms with Gasteiger partial charge in [-0.25, -0.2) is 32.4 Å². The summed E-state index contributed by atoms with van der Waals surface area (Å²) in [6, 6.07) is 0.913. The Morgan fingerprint density at radius 2 is 1.44 bits per heavy atom. The normalized spacial score (nSPS) is 26.4. The molecule has 3 N–H and O–H groups in total. The van der Waals surface area contributed by atoms with Gasteiger partial charge in [-0.15, -0.1) is 0 Å². The summed E-state index contributed by atoms with van der Waals surface area (Å²) in [6.07, 6.45) is -7.36. The fraction of sp³-hybridized carbons (Fsp3) is 0.760. The number of aromatic nitrogens is 2. The summed E-state index contributed by atoms with van der Waals surface area (Å²) in [7, 11) is 0.199. The number of hydrogen-bond acceptors (Lipinski definition) is 19. The number of methoxy groups -OCH3 is 4. The molecule has 274 valence electrons. The molecule has 1 aliphatic carbocycles. The quantitative estimate of drug-likeness (QED) is 0.0858. The highest BCUT2D eigenvalue weighted by Gasteiger charge is 2.93. The Bertz CT molecular complexity index is 1360. The van der Waals surface area contributed by atoms with E-state index in [9.17, 15) is 38.3 Å². The first-order chi connectivity index (χ1) is 22.7. The van der Waals surface area contributed by atoms with Crippen LogP contribution in [-0.4, -0.2) is 142 Å². The minimum atomic E-state index is -5.16. The molecule has 21 nitrogen and oxygen atoms in total. The Balaban J connectivity index is 1.77. The number of hydrogen-bond donors (Lipinski definition) is 3.